The monoisotopic (exact) mass is 431 g/mol. The number of carbonyl (C=O) groups excluding carboxylic acids is 1. The number of thioether (sulfide) groups is 1. The highest BCUT2D eigenvalue weighted by atomic mass is 35.5. The fraction of sp³-hybridized carbons (Fsp3) is 0.263. The number of nitrogens with zero attached hydrogens (tertiary/aromatic N) is 4. The molecule has 0 radical (unpaired) electrons. The lowest BCUT2D eigenvalue weighted by Crippen LogP contribution is -2.14. The minimum absolute atomic E-state index is 0.122. The third kappa shape index (κ3) is 4.45. The predicted octanol–water partition coefficient (Wildman–Crippen LogP) is 4.85. The number of thiazole rings is 1. The van der Waals surface area contributed by atoms with Crippen molar-refractivity contribution in [3.05, 3.63) is 53.1 Å². The van der Waals surface area contributed by atoms with Gasteiger partial charge in [-0.25, -0.2) is 4.98 Å². The van der Waals surface area contributed by atoms with E-state index in [1.807, 2.05) is 40.3 Å². The summed E-state index contributed by atoms with van der Waals surface area (Å²) in [5.41, 5.74) is 1.77. The molecule has 1 aliphatic rings. The molecule has 0 unspecified atom stereocenters. The van der Waals surface area contributed by atoms with Gasteiger partial charge in [-0.2, -0.15) is 0 Å². The van der Waals surface area contributed by atoms with E-state index >= 15 is 0 Å². The van der Waals surface area contributed by atoms with Crippen LogP contribution in [0.25, 0.3) is 11.3 Å². The second-order valence-corrected chi connectivity index (χ2v) is 8.63. The molecule has 2 aromatic heterocycles. The molecule has 9 heteroatoms. The van der Waals surface area contributed by atoms with Crippen LogP contribution in [0.5, 0.6) is 0 Å². The van der Waals surface area contributed by atoms with Crippen molar-refractivity contribution in [3.8, 4) is 11.3 Å². The summed E-state index contributed by atoms with van der Waals surface area (Å²) in [6.45, 7) is 4.45. The smallest absolute Gasteiger partial charge is 0.236 e. The summed E-state index contributed by atoms with van der Waals surface area (Å²) in [7, 11) is 0. The molecule has 3 aromatic rings. The van der Waals surface area contributed by atoms with E-state index in [-0.39, 0.29) is 11.7 Å². The van der Waals surface area contributed by atoms with Crippen LogP contribution in [-0.2, 0) is 11.3 Å². The number of aromatic nitrogens is 4. The Balaban J connectivity index is 1.36. The highest BCUT2D eigenvalue weighted by Gasteiger charge is 2.30. The average Bonchev–Trinajstić information content (AvgIpc) is 3.30. The van der Waals surface area contributed by atoms with Crippen LogP contribution in [0.2, 0.25) is 5.02 Å². The fourth-order valence-corrected chi connectivity index (χ4v) is 4.34. The zero-order chi connectivity index (χ0) is 19.5. The molecule has 0 atom stereocenters. The predicted molar refractivity (Wildman–Crippen MR) is 114 cm³/mol. The van der Waals surface area contributed by atoms with Crippen LogP contribution in [0, 0.1) is 0 Å². The molecule has 1 N–H and O–H groups in total. The van der Waals surface area contributed by atoms with Crippen molar-refractivity contribution in [3.63, 3.8) is 0 Å². The number of halogens is 1. The van der Waals surface area contributed by atoms with Gasteiger partial charge in [0.15, 0.2) is 10.3 Å². The molecule has 1 saturated carbocycles. The van der Waals surface area contributed by atoms with Gasteiger partial charge in [0.1, 0.15) is 5.82 Å². The molecule has 1 aromatic carbocycles. The third-order valence-electron chi connectivity index (χ3n) is 4.22. The third-order valence-corrected chi connectivity index (χ3v) is 6.20. The minimum Gasteiger partial charge on any atom is -0.302 e. The van der Waals surface area contributed by atoms with E-state index in [2.05, 4.69) is 27.1 Å². The number of allylic oxidation sites excluding steroid dienone is 1. The first-order chi connectivity index (χ1) is 13.6. The molecule has 6 nitrogen and oxygen atoms in total. The molecule has 0 spiro atoms. The highest BCUT2D eigenvalue weighted by molar-refractivity contribution is 7.99. The van der Waals surface area contributed by atoms with E-state index in [4.69, 9.17) is 11.6 Å². The summed E-state index contributed by atoms with van der Waals surface area (Å²) in [5, 5.41) is 15.3. The van der Waals surface area contributed by atoms with Gasteiger partial charge in [-0.05, 0) is 25.0 Å². The lowest BCUT2D eigenvalue weighted by molar-refractivity contribution is -0.113. The molecule has 0 saturated heterocycles. The van der Waals surface area contributed by atoms with Gasteiger partial charge in [-0.15, -0.1) is 28.1 Å². The van der Waals surface area contributed by atoms with Gasteiger partial charge >= 0.3 is 0 Å². The van der Waals surface area contributed by atoms with E-state index in [1.165, 1.54) is 23.1 Å². The molecule has 1 fully saturated rings. The van der Waals surface area contributed by atoms with Crippen LogP contribution in [0.3, 0.4) is 0 Å². The molecule has 4 rings (SSSR count). The standard InChI is InChI=1S/C19H18ClN5OS2/c1-2-9-25-17(13-3-4-13)23-24-19(25)28-11-16(26)22-18-21-15(10-27-18)12-5-7-14(20)8-6-12/h2,5-8,10,13H,1,3-4,9,11H2,(H,21,22,26). The van der Waals surface area contributed by atoms with E-state index in [0.717, 1.165) is 35.1 Å². The molecule has 0 bridgehead atoms. The summed E-state index contributed by atoms with van der Waals surface area (Å²) < 4.78 is 2.05. The van der Waals surface area contributed by atoms with Crippen molar-refractivity contribution in [2.45, 2.75) is 30.5 Å². The number of nitrogens with one attached hydrogen (secondary N) is 1. The summed E-state index contributed by atoms with van der Waals surface area (Å²) in [4.78, 5) is 16.8. The van der Waals surface area contributed by atoms with Crippen LogP contribution < -0.4 is 5.32 Å². The number of rotatable bonds is 8. The summed E-state index contributed by atoms with van der Waals surface area (Å²) in [6, 6.07) is 7.45. The first kappa shape index (κ1) is 19.2. The van der Waals surface area contributed by atoms with E-state index in [1.54, 1.807) is 0 Å². The molecule has 144 valence electrons. The Hall–Kier alpha value is -2.16. The van der Waals surface area contributed by atoms with Gasteiger partial charge < -0.3 is 9.88 Å². The number of benzene rings is 1. The van der Waals surface area contributed by atoms with Gasteiger partial charge in [0.2, 0.25) is 5.91 Å². The number of carbonyl (C=O) groups is 1. The Morgan fingerprint density at radius 1 is 1.36 bits per heavy atom. The number of hydrogen-bond donors (Lipinski definition) is 1. The van der Waals surface area contributed by atoms with Crippen LogP contribution in [0.4, 0.5) is 5.13 Å². The van der Waals surface area contributed by atoms with Gasteiger partial charge in [0, 0.05) is 28.4 Å². The maximum absolute atomic E-state index is 12.3. The largest absolute Gasteiger partial charge is 0.302 e. The second-order valence-electron chi connectivity index (χ2n) is 6.40. The first-order valence-corrected chi connectivity index (χ1v) is 11.1. The molecular formula is C19H18ClN5OS2. The van der Waals surface area contributed by atoms with Crippen molar-refractivity contribution >= 4 is 45.7 Å². The van der Waals surface area contributed by atoms with Gasteiger partial charge in [0.25, 0.3) is 0 Å². The molecule has 1 amide bonds. The summed E-state index contributed by atoms with van der Waals surface area (Å²) >= 11 is 8.69. The molecule has 28 heavy (non-hydrogen) atoms. The zero-order valence-electron chi connectivity index (χ0n) is 15.0. The molecule has 0 aliphatic heterocycles. The highest BCUT2D eigenvalue weighted by Crippen LogP contribution is 2.40. The lowest BCUT2D eigenvalue weighted by Gasteiger charge is -2.06. The van der Waals surface area contributed by atoms with Crippen molar-refractivity contribution < 1.29 is 4.79 Å². The number of amides is 1. The van der Waals surface area contributed by atoms with E-state index in [9.17, 15) is 4.79 Å². The lowest BCUT2D eigenvalue weighted by atomic mass is 10.2. The van der Waals surface area contributed by atoms with Crippen LogP contribution in [-0.4, -0.2) is 31.4 Å². The van der Waals surface area contributed by atoms with Crippen molar-refractivity contribution in [2.24, 2.45) is 0 Å². The van der Waals surface area contributed by atoms with E-state index in [0.29, 0.717) is 22.6 Å². The van der Waals surface area contributed by atoms with Gasteiger partial charge in [0.05, 0.1) is 11.4 Å². The first-order valence-electron chi connectivity index (χ1n) is 8.82. The van der Waals surface area contributed by atoms with Crippen LogP contribution >= 0.6 is 34.7 Å². The second kappa shape index (κ2) is 8.46. The Kier molecular flexibility index (Phi) is 5.79. The van der Waals surface area contributed by atoms with Crippen molar-refractivity contribution in [1.82, 2.24) is 19.7 Å². The topological polar surface area (TPSA) is 72.7 Å². The zero-order valence-corrected chi connectivity index (χ0v) is 17.4. The van der Waals surface area contributed by atoms with Gasteiger partial charge in [-0.1, -0.05) is 41.6 Å². The number of hydrogen-bond acceptors (Lipinski definition) is 6. The van der Waals surface area contributed by atoms with Crippen LogP contribution in [0.1, 0.15) is 24.6 Å². The SMILES string of the molecule is C=CCn1c(SCC(=O)Nc2nc(-c3ccc(Cl)cc3)cs2)nnc1C1CC1. The van der Waals surface area contributed by atoms with Crippen LogP contribution in [0.15, 0.2) is 47.5 Å². The summed E-state index contributed by atoms with van der Waals surface area (Å²) in [5.74, 6) is 1.62. The Morgan fingerprint density at radius 2 is 2.14 bits per heavy atom. The van der Waals surface area contributed by atoms with Gasteiger partial charge in [-0.3, -0.25) is 4.79 Å². The Bertz CT molecular complexity index is 994. The maximum atomic E-state index is 12.3. The molecule has 2 heterocycles. The Morgan fingerprint density at radius 3 is 2.86 bits per heavy atom. The molecule has 1 aliphatic carbocycles. The molecular weight excluding hydrogens is 414 g/mol. The number of anilines is 1. The maximum Gasteiger partial charge on any atom is 0.236 e. The van der Waals surface area contributed by atoms with E-state index < -0.39 is 0 Å². The van der Waals surface area contributed by atoms with Crippen molar-refractivity contribution in [2.75, 3.05) is 11.1 Å². The summed E-state index contributed by atoms with van der Waals surface area (Å²) in [6.07, 6.45) is 4.13. The van der Waals surface area contributed by atoms with Crippen molar-refractivity contribution in [1.29, 1.82) is 0 Å². The fourth-order valence-electron chi connectivity index (χ4n) is 2.72. The normalized spacial score (nSPS) is 13.5. The average molecular weight is 432 g/mol. The quantitative estimate of drug-likeness (QED) is 0.407. The Labute approximate surface area is 176 Å². The minimum atomic E-state index is -0.122.